The number of carboxylic acids is 1. The van der Waals surface area contributed by atoms with Gasteiger partial charge in [0.1, 0.15) is 47.4 Å². The molecule has 0 saturated carbocycles. The van der Waals surface area contributed by atoms with Gasteiger partial charge in [0.05, 0.1) is 32.5 Å². The molecule has 16 heteroatoms. The topological polar surface area (TPSA) is 249 Å². The van der Waals surface area contributed by atoms with Gasteiger partial charge in [-0.05, 0) is 125 Å². The smallest absolute Gasteiger partial charge is 0.870 e. The summed E-state index contributed by atoms with van der Waals surface area (Å²) in [7, 11) is 0. The van der Waals surface area contributed by atoms with E-state index in [1.165, 1.54) is 0 Å². The van der Waals surface area contributed by atoms with Crippen molar-refractivity contribution in [2.45, 2.75) is 59.2 Å². The summed E-state index contributed by atoms with van der Waals surface area (Å²) in [5.41, 5.74) is 23.3. The second-order valence-corrected chi connectivity index (χ2v) is 18.8. The van der Waals surface area contributed by atoms with Gasteiger partial charge >= 0.3 is 30.8 Å². The number of hydrogen-bond acceptors (Lipinski definition) is 12. The molecule has 2 heterocycles. The van der Waals surface area contributed by atoms with Gasteiger partial charge in [0.15, 0.2) is 0 Å². The third-order valence-corrected chi connectivity index (χ3v) is 13.0. The fourth-order valence-corrected chi connectivity index (χ4v) is 9.19. The van der Waals surface area contributed by atoms with Gasteiger partial charge in [-0.15, -0.1) is 0 Å². The summed E-state index contributed by atoms with van der Waals surface area (Å²) in [6, 6.07) is 60.6. The van der Waals surface area contributed by atoms with Crippen molar-refractivity contribution in [3.8, 4) is 33.8 Å². The fourth-order valence-electron chi connectivity index (χ4n) is 9.19. The van der Waals surface area contributed by atoms with Crippen LogP contribution in [0.5, 0.6) is 11.5 Å². The first-order valence-electron chi connectivity index (χ1n) is 26.2. The van der Waals surface area contributed by atoms with Gasteiger partial charge < -0.3 is 55.7 Å². The van der Waals surface area contributed by atoms with Gasteiger partial charge in [-0.25, -0.2) is 0 Å². The van der Waals surface area contributed by atoms with Crippen LogP contribution in [0.25, 0.3) is 44.2 Å². The second-order valence-electron chi connectivity index (χ2n) is 18.8. The van der Waals surface area contributed by atoms with Crippen LogP contribution in [0.3, 0.4) is 0 Å². The average molecular weight is 1090 g/mol. The number of furan rings is 2. The first kappa shape index (κ1) is 60.4. The van der Waals surface area contributed by atoms with Crippen LogP contribution in [0.15, 0.2) is 203 Å². The maximum Gasteiger partial charge on any atom is 1.00 e. The third-order valence-electron chi connectivity index (χ3n) is 13.0. The molecule has 0 fully saturated rings. The molecule has 0 saturated heterocycles. The third kappa shape index (κ3) is 15.8. The minimum Gasteiger partial charge on any atom is -0.870 e. The zero-order valence-electron chi connectivity index (χ0n) is 45.6. The fraction of sp³-hybridized carbons (Fsp3) is 0.152. The Morgan fingerprint density at radius 3 is 1.35 bits per heavy atom. The minimum absolute atomic E-state index is 0. The summed E-state index contributed by atoms with van der Waals surface area (Å²) in [4.78, 5) is 48.5. The molecular formula is C66H61LiN4O11. The van der Waals surface area contributed by atoms with Crippen molar-refractivity contribution in [1.82, 2.24) is 10.6 Å². The molecule has 0 bridgehead atoms. The molecule has 10 rings (SSSR count). The molecule has 412 valence electrons. The van der Waals surface area contributed by atoms with Crippen LogP contribution < -0.4 is 50.4 Å². The minimum atomic E-state index is -0.917. The average Bonchev–Trinajstić information content (AvgIpc) is 4.13. The van der Waals surface area contributed by atoms with Gasteiger partial charge in [0.2, 0.25) is 0 Å². The standard InChI is InChI=1S/C34H32N2O5.C32H28N2O5.Li.H2O/c1-2-39-32(37)19-27-12-6-7-14-31(27)40-22-24-16-28-18-29(21-36-34(38)25-10-4-3-5-11-25)41-33(28)30(17-24)26-13-8-9-23(15-26)20-35;33-18-21-7-6-11-24(13-21)28-15-22(20-38-29-12-5-4-10-25(29)17-30(35)36)14-26-16-27(39-31(26)28)19-34-32(37)23-8-2-1-3-9-23;;/h3-18H,2,19-22,35H2,1H3,(H,36,38);1-16H,17-20,33H2,(H,34,37)(H,35,36);;1H2/q;;+1;/p-1. The monoisotopic (exact) mass is 1090 g/mol. The maximum atomic E-state index is 12.6. The number of rotatable bonds is 21. The number of ether oxygens (including phenoxy) is 3. The number of fused-ring (bicyclic) bond motifs is 2. The van der Waals surface area contributed by atoms with E-state index in [1.54, 1.807) is 49.4 Å². The quantitative estimate of drug-likeness (QED) is 0.0334. The second kappa shape index (κ2) is 29.3. The van der Waals surface area contributed by atoms with Crippen molar-refractivity contribution in [1.29, 1.82) is 0 Å². The van der Waals surface area contributed by atoms with Crippen LogP contribution in [-0.2, 0) is 66.6 Å². The number of esters is 1. The van der Waals surface area contributed by atoms with E-state index >= 15 is 0 Å². The van der Waals surface area contributed by atoms with Crippen LogP contribution in [0.2, 0.25) is 0 Å². The van der Waals surface area contributed by atoms with Crippen LogP contribution in [0, 0.1) is 0 Å². The molecule has 0 aliphatic heterocycles. The number of carboxylic acid groups (broad SMARTS) is 1. The molecule has 0 aliphatic rings. The normalized spacial score (nSPS) is 10.6. The first-order valence-corrected chi connectivity index (χ1v) is 26.2. The molecule has 0 radical (unpaired) electrons. The Morgan fingerprint density at radius 2 is 0.927 bits per heavy atom. The van der Waals surface area contributed by atoms with Gasteiger partial charge in [-0.1, -0.05) is 109 Å². The Hall–Kier alpha value is -9.20. The Bertz CT molecular complexity index is 3790. The molecule has 10 aromatic rings. The largest absolute Gasteiger partial charge is 1.00 e. The summed E-state index contributed by atoms with van der Waals surface area (Å²) in [6.07, 6.45) is 0.0199. The number of nitrogens with one attached hydrogen (secondary N) is 2. The van der Waals surface area contributed by atoms with E-state index in [9.17, 15) is 24.3 Å². The molecular weight excluding hydrogens is 1030 g/mol. The van der Waals surface area contributed by atoms with Crippen LogP contribution in [0.1, 0.15) is 72.5 Å². The van der Waals surface area contributed by atoms with Crippen LogP contribution >= 0.6 is 0 Å². The van der Waals surface area contributed by atoms with E-state index in [4.69, 9.17) is 34.5 Å². The zero-order chi connectivity index (χ0) is 55.8. The summed E-state index contributed by atoms with van der Waals surface area (Å²) < 4.78 is 29.9. The van der Waals surface area contributed by atoms with E-state index in [1.807, 2.05) is 152 Å². The van der Waals surface area contributed by atoms with Crippen molar-refractivity contribution in [3.05, 3.63) is 250 Å². The summed E-state index contributed by atoms with van der Waals surface area (Å²) in [5.74, 6) is 0.858. The van der Waals surface area contributed by atoms with Gasteiger partial charge in [-0.3, -0.25) is 19.2 Å². The Balaban J connectivity index is 0.000000231. The molecule has 0 atom stereocenters. The van der Waals surface area contributed by atoms with Crippen molar-refractivity contribution in [3.63, 3.8) is 0 Å². The number of benzene rings is 8. The predicted octanol–water partition coefficient (Wildman–Crippen LogP) is 8.69. The Kier molecular flexibility index (Phi) is 21.6. The van der Waals surface area contributed by atoms with Gasteiger partial charge in [-0.2, -0.15) is 0 Å². The predicted molar refractivity (Wildman–Crippen MR) is 309 cm³/mol. The molecule has 0 aliphatic carbocycles. The molecule has 8 N–H and O–H groups in total. The van der Waals surface area contributed by atoms with E-state index in [0.717, 1.165) is 66.4 Å². The molecule has 82 heavy (non-hydrogen) atoms. The van der Waals surface area contributed by atoms with E-state index < -0.39 is 5.97 Å². The van der Waals surface area contributed by atoms with Crippen LogP contribution in [-0.4, -0.2) is 40.9 Å². The SMILES string of the molecule is CCOC(=O)Cc1ccccc1OCc1cc(-c2cccc(CN)c2)c2oc(CNC(=O)c3ccccc3)cc2c1.NCc1cccc(-c2cc(COc3ccccc3CC(=O)O)cc3cc(CNC(=O)c4ccccc4)oc23)c1.[Li+].[OH-]. The number of amides is 2. The van der Waals surface area contributed by atoms with Crippen LogP contribution in [0.4, 0.5) is 0 Å². The number of aliphatic carboxylic acids is 1. The molecule has 2 aromatic heterocycles. The molecule has 2 amide bonds. The molecule has 15 nitrogen and oxygen atoms in total. The molecule has 0 unspecified atom stereocenters. The summed E-state index contributed by atoms with van der Waals surface area (Å²) in [5, 5.41) is 16.9. The summed E-state index contributed by atoms with van der Waals surface area (Å²) in [6.45, 7) is 3.96. The molecule has 0 spiro atoms. The van der Waals surface area contributed by atoms with Crippen molar-refractivity contribution < 1.29 is 71.7 Å². The Morgan fingerprint density at radius 1 is 0.500 bits per heavy atom. The number of carbonyl (C=O) groups is 4. The van der Waals surface area contributed by atoms with Crippen molar-refractivity contribution in [2.24, 2.45) is 11.5 Å². The Labute approximate surface area is 486 Å². The van der Waals surface area contributed by atoms with Gasteiger partial charge in [0, 0.05) is 57.2 Å². The van der Waals surface area contributed by atoms with Crippen molar-refractivity contribution >= 4 is 45.7 Å². The molecule has 8 aromatic carbocycles. The zero-order valence-corrected chi connectivity index (χ0v) is 45.6. The summed E-state index contributed by atoms with van der Waals surface area (Å²) >= 11 is 0. The number of carbonyl (C=O) groups excluding carboxylic acids is 3. The number of para-hydroxylation sites is 2. The van der Waals surface area contributed by atoms with E-state index in [-0.39, 0.29) is 81.3 Å². The van der Waals surface area contributed by atoms with E-state index in [2.05, 4.69) is 10.6 Å². The van der Waals surface area contributed by atoms with Gasteiger partial charge in [0.25, 0.3) is 11.8 Å². The number of nitrogens with two attached hydrogens (primary N) is 2. The maximum absolute atomic E-state index is 12.6. The van der Waals surface area contributed by atoms with Crippen molar-refractivity contribution in [2.75, 3.05) is 6.61 Å². The van der Waals surface area contributed by atoms with E-state index in [0.29, 0.717) is 65.0 Å². The first-order chi connectivity index (χ1) is 39.0. The number of hydrogen-bond donors (Lipinski definition) is 5.